The van der Waals surface area contributed by atoms with Gasteiger partial charge >= 0.3 is 0 Å². The molecule has 0 amide bonds. The third kappa shape index (κ3) is 1.59. The molecule has 0 saturated carbocycles. The summed E-state index contributed by atoms with van der Waals surface area (Å²) in [4.78, 5) is 5.26. The molecule has 3 rings (SSSR count). The second-order valence-corrected chi connectivity index (χ2v) is 5.26. The Morgan fingerprint density at radius 3 is 2.61 bits per heavy atom. The van der Waals surface area contributed by atoms with Gasteiger partial charge in [0.05, 0.1) is 0 Å². The van der Waals surface area contributed by atoms with Crippen molar-refractivity contribution in [3.63, 3.8) is 0 Å². The number of hydrogen-bond acceptors (Lipinski definition) is 4. The first-order chi connectivity index (χ1) is 8.69. The van der Waals surface area contributed by atoms with E-state index in [1.54, 1.807) is 4.52 Å². The smallest absolute Gasteiger partial charge is 0.213 e. The van der Waals surface area contributed by atoms with Gasteiger partial charge in [-0.05, 0) is 13.8 Å². The molecule has 18 heavy (non-hydrogen) atoms. The summed E-state index contributed by atoms with van der Waals surface area (Å²) in [5.41, 5.74) is 3.34. The maximum Gasteiger partial charge on any atom is 0.213 e. The Balaban J connectivity index is 2.26. The van der Waals surface area contributed by atoms with E-state index in [1.807, 2.05) is 38.1 Å². The van der Waals surface area contributed by atoms with Crippen molar-refractivity contribution in [3.05, 3.63) is 40.5 Å². The highest BCUT2D eigenvalue weighted by atomic mass is 32.1. The number of nitriles is 1. The monoisotopic (exact) mass is 254 g/mol. The van der Waals surface area contributed by atoms with Crippen LogP contribution in [0.3, 0.4) is 0 Å². The Bertz CT molecular complexity index is 759. The van der Waals surface area contributed by atoms with Crippen LogP contribution < -0.4 is 0 Å². The highest BCUT2D eigenvalue weighted by molar-refractivity contribution is 7.16. The second-order valence-electron chi connectivity index (χ2n) is 4.10. The van der Waals surface area contributed by atoms with Gasteiger partial charge in [-0.3, -0.25) is 0 Å². The molecule has 0 N–H and O–H groups in total. The average Bonchev–Trinajstić information content (AvgIpc) is 2.85. The van der Waals surface area contributed by atoms with Gasteiger partial charge in [-0.1, -0.05) is 41.2 Å². The van der Waals surface area contributed by atoms with Crippen LogP contribution in [0.2, 0.25) is 0 Å². The van der Waals surface area contributed by atoms with E-state index in [4.69, 9.17) is 0 Å². The number of imidazole rings is 1. The first-order valence-electron chi connectivity index (χ1n) is 5.52. The lowest BCUT2D eigenvalue weighted by molar-refractivity contribution is 0.931. The van der Waals surface area contributed by atoms with Crippen LogP contribution in [0, 0.1) is 25.2 Å². The number of nitrogens with zero attached hydrogens (tertiary/aromatic N) is 4. The van der Waals surface area contributed by atoms with Crippen LogP contribution in [0.4, 0.5) is 0 Å². The van der Waals surface area contributed by atoms with E-state index in [1.165, 1.54) is 16.9 Å². The summed E-state index contributed by atoms with van der Waals surface area (Å²) >= 11 is 1.49. The lowest BCUT2D eigenvalue weighted by atomic mass is 10.1. The lowest BCUT2D eigenvalue weighted by Crippen LogP contribution is -1.90. The Morgan fingerprint density at radius 2 is 1.94 bits per heavy atom. The number of rotatable bonds is 1. The van der Waals surface area contributed by atoms with Gasteiger partial charge in [0.1, 0.15) is 16.8 Å². The van der Waals surface area contributed by atoms with Gasteiger partial charge in [0.15, 0.2) is 5.69 Å². The molecular formula is C13H10N4S. The molecule has 0 radical (unpaired) electrons. The molecular weight excluding hydrogens is 244 g/mol. The zero-order valence-electron chi connectivity index (χ0n) is 10.0. The number of benzene rings is 1. The van der Waals surface area contributed by atoms with E-state index in [0.29, 0.717) is 11.4 Å². The number of hydrogen-bond donors (Lipinski definition) is 0. The van der Waals surface area contributed by atoms with Crippen LogP contribution in [0.25, 0.3) is 16.2 Å². The molecule has 0 unspecified atom stereocenters. The summed E-state index contributed by atoms with van der Waals surface area (Å²) in [6, 6.07) is 10.2. The normalized spacial score (nSPS) is 10.7. The first kappa shape index (κ1) is 10.9. The Kier molecular flexibility index (Phi) is 2.39. The summed E-state index contributed by atoms with van der Waals surface area (Å²) in [7, 11) is 0. The summed E-state index contributed by atoms with van der Waals surface area (Å²) in [6.07, 6.45) is 0. The molecule has 2 aromatic heterocycles. The molecule has 5 heteroatoms. The van der Waals surface area contributed by atoms with Gasteiger partial charge in [-0.2, -0.15) is 14.9 Å². The minimum Gasteiger partial charge on any atom is -0.216 e. The van der Waals surface area contributed by atoms with Crippen molar-refractivity contribution in [2.75, 3.05) is 0 Å². The third-order valence-electron chi connectivity index (χ3n) is 2.74. The molecule has 0 saturated heterocycles. The molecule has 4 nitrogen and oxygen atoms in total. The molecule has 1 aromatic carbocycles. The molecule has 0 fully saturated rings. The molecule has 0 spiro atoms. The number of fused-ring (bicyclic) bond motifs is 1. The van der Waals surface area contributed by atoms with Crippen molar-refractivity contribution >= 4 is 16.3 Å². The molecule has 0 bridgehead atoms. The van der Waals surface area contributed by atoms with E-state index in [9.17, 15) is 5.26 Å². The van der Waals surface area contributed by atoms with Gasteiger partial charge < -0.3 is 0 Å². The van der Waals surface area contributed by atoms with Gasteiger partial charge in [-0.15, -0.1) is 0 Å². The lowest BCUT2D eigenvalue weighted by Gasteiger charge is -1.98. The van der Waals surface area contributed by atoms with Gasteiger partial charge in [-0.25, -0.2) is 4.98 Å². The summed E-state index contributed by atoms with van der Waals surface area (Å²) in [5, 5.41) is 14.5. The number of aryl methyl sites for hydroxylation is 2. The predicted molar refractivity (Wildman–Crippen MR) is 70.5 cm³/mol. The van der Waals surface area contributed by atoms with Crippen LogP contribution in [-0.4, -0.2) is 14.6 Å². The fourth-order valence-electron chi connectivity index (χ4n) is 1.86. The Labute approximate surface area is 108 Å². The first-order valence-corrected chi connectivity index (χ1v) is 6.34. The van der Waals surface area contributed by atoms with Gasteiger partial charge in [0, 0.05) is 5.56 Å². The predicted octanol–water partition coefficient (Wildman–Crippen LogP) is 2.95. The van der Waals surface area contributed by atoms with Crippen molar-refractivity contribution in [1.29, 1.82) is 5.26 Å². The quantitative estimate of drug-likeness (QED) is 0.671. The summed E-state index contributed by atoms with van der Waals surface area (Å²) in [5.74, 6) is 0. The Morgan fingerprint density at radius 1 is 1.22 bits per heavy atom. The zero-order chi connectivity index (χ0) is 12.7. The highest BCUT2D eigenvalue weighted by Crippen LogP contribution is 2.26. The standard InChI is InChI=1S/C13H10N4S/c1-8-3-5-10(6-4-8)12-11(7-14)17-13(15-12)18-9(2)16-17/h3-6H,1-2H3. The molecule has 0 aliphatic carbocycles. The van der Waals surface area contributed by atoms with E-state index < -0.39 is 0 Å². The maximum absolute atomic E-state index is 9.28. The maximum atomic E-state index is 9.28. The van der Waals surface area contributed by atoms with E-state index in [-0.39, 0.29) is 0 Å². The molecule has 0 aliphatic heterocycles. The Hall–Kier alpha value is -2.19. The average molecular weight is 254 g/mol. The molecule has 2 heterocycles. The molecule has 0 aliphatic rings. The van der Waals surface area contributed by atoms with E-state index in [2.05, 4.69) is 16.2 Å². The van der Waals surface area contributed by atoms with Crippen molar-refractivity contribution < 1.29 is 0 Å². The van der Waals surface area contributed by atoms with Crippen molar-refractivity contribution in [2.24, 2.45) is 0 Å². The van der Waals surface area contributed by atoms with Gasteiger partial charge in [0.25, 0.3) is 0 Å². The van der Waals surface area contributed by atoms with Crippen molar-refractivity contribution in [3.8, 4) is 17.3 Å². The van der Waals surface area contributed by atoms with Crippen LogP contribution in [0.15, 0.2) is 24.3 Å². The minimum atomic E-state index is 0.498. The summed E-state index contributed by atoms with van der Waals surface area (Å²) < 4.78 is 1.62. The van der Waals surface area contributed by atoms with E-state index in [0.717, 1.165) is 15.5 Å². The molecule has 0 atom stereocenters. The third-order valence-corrected chi connectivity index (χ3v) is 3.56. The summed E-state index contributed by atoms with van der Waals surface area (Å²) in [6.45, 7) is 3.94. The molecule has 88 valence electrons. The second kappa shape index (κ2) is 3.93. The van der Waals surface area contributed by atoms with Gasteiger partial charge in [0.2, 0.25) is 4.96 Å². The number of aromatic nitrogens is 3. The van der Waals surface area contributed by atoms with Crippen molar-refractivity contribution in [2.45, 2.75) is 13.8 Å². The zero-order valence-corrected chi connectivity index (χ0v) is 10.8. The van der Waals surface area contributed by atoms with E-state index >= 15 is 0 Å². The minimum absolute atomic E-state index is 0.498. The van der Waals surface area contributed by atoms with Crippen LogP contribution >= 0.6 is 11.3 Å². The SMILES string of the molecule is Cc1ccc(-c2nc3sc(C)nn3c2C#N)cc1. The molecule has 3 aromatic rings. The van der Waals surface area contributed by atoms with Crippen LogP contribution in [0.5, 0.6) is 0 Å². The largest absolute Gasteiger partial charge is 0.216 e. The highest BCUT2D eigenvalue weighted by Gasteiger charge is 2.16. The van der Waals surface area contributed by atoms with Crippen LogP contribution in [-0.2, 0) is 0 Å². The van der Waals surface area contributed by atoms with Crippen molar-refractivity contribution in [1.82, 2.24) is 14.6 Å². The fourth-order valence-corrected chi connectivity index (χ4v) is 2.60. The topological polar surface area (TPSA) is 54.0 Å². The van der Waals surface area contributed by atoms with Crippen LogP contribution in [0.1, 0.15) is 16.3 Å². The fraction of sp³-hybridized carbons (Fsp3) is 0.154.